The van der Waals surface area contributed by atoms with Crippen molar-refractivity contribution in [2.75, 3.05) is 6.54 Å². The minimum atomic E-state index is -1.88. The third-order valence-corrected chi connectivity index (χ3v) is 11.1. The Morgan fingerprint density at radius 2 is 2.05 bits per heavy atom. The smallest absolute Gasteiger partial charge is 0.150 e. The molecule has 1 aliphatic rings. The molecule has 2 heterocycles. The number of hydrogen-bond donors (Lipinski definition) is 0. The van der Waals surface area contributed by atoms with Gasteiger partial charge in [0.2, 0.25) is 0 Å². The first kappa shape index (κ1) is 16.3. The molecule has 2 atom stereocenters. The summed E-state index contributed by atoms with van der Waals surface area (Å²) in [5.74, 6) is 0.975. The van der Waals surface area contributed by atoms with Gasteiger partial charge in [-0.15, -0.1) is 0 Å². The molecule has 1 fully saturated rings. The lowest BCUT2D eigenvalue weighted by Crippen LogP contribution is -2.44. The lowest BCUT2D eigenvalue weighted by Gasteiger charge is -2.48. The third-order valence-electron chi connectivity index (χ3n) is 4.36. The van der Waals surface area contributed by atoms with Crippen molar-refractivity contribution in [1.82, 2.24) is 4.67 Å². The van der Waals surface area contributed by atoms with E-state index in [2.05, 4.69) is 44.5 Å². The van der Waals surface area contributed by atoms with Gasteiger partial charge in [-0.3, -0.25) is 4.67 Å². The lowest BCUT2D eigenvalue weighted by atomic mass is 10.0. The fraction of sp³-hybridized carbons (Fsp3) is 0.750. The third kappa shape index (κ3) is 2.77. The van der Waals surface area contributed by atoms with E-state index in [1.54, 1.807) is 0 Å². The summed E-state index contributed by atoms with van der Waals surface area (Å²) in [6.07, 6.45) is 3.20. The Kier molecular flexibility index (Phi) is 4.83. The first-order chi connectivity index (χ1) is 9.30. The highest BCUT2D eigenvalue weighted by atomic mass is 32.4. The number of rotatable bonds is 3. The number of piperidine rings is 1. The number of hydrogen-bond acceptors (Lipinski definition) is 2. The summed E-state index contributed by atoms with van der Waals surface area (Å²) < 4.78 is 8.67. The molecule has 0 aromatic carbocycles. The van der Waals surface area contributed by atoms with Gasteiger partial charge in [0, 0.05) is 17.7 Å². The minimum Gasteiger partial charge on any atom is -0.460 e. The molecular weight excluding hydrogens is 285 g/mol. The van der Waals surface area contributed by atoms with Gasteiger partial charge in [-0.05, 0) is 38.3 Å². The first-order valence-electron chi connectivity index (χ1n) is 7.75. The van der Waals surface area contributed by atoms with Gasteiger partial charge in [-0.1, -0.05) is 45.9 Å². The van der Waals surface area contributed by atoms with Crippen LogP contribution in [-0.2, 0) is 11.8 Å². The van der Waals surface area contributed by atoms with Gasteiger partial charge < -0.3 is 4.42 Å². The van der Waals surface area contributed by atoms with Crippen molar-refractivity contribution in [3.8, 4) is 0 Å². The van der Waals surface area contributed by atoms with Crippen LogP contribution >= 0.6 is 6.19 Å². The summed E-state index contributed by atoms with van der Waals surface area (Å²) in [4.78, 5) is 0. The van der Waals surface area contributed by atoms with Gasteiger partial charge >= 0.3 is 0 Å². The zero-order chi connectivity index (χ0) is 15.0. The summed E-state index contributed by atoms with van der Waals surface area (Å²) in [5, 5.41) is 0.0669. The second-order valence-electron chi connectivity index (χ2n) is 6.85. The molecule has 2 nitrogen and oxygen atoms in total. The predicted octanol–water partition coefficient (Wildman–Crippen LogP) is 4.67. The largest absolute Gasteiger partial charge is 0.460 e. The van der Waals surface area contributed by atoms with Gasteiger partial charge in [0.25, 0.3) is 0 Å². The Morgan fingerprint density at radius 1 is 1.35 bits per heavy atom. The fourth-order valence-corrected chi connectivity index (χ4v) is 7.53. The van der Waals surface area contributed by atoms with Crippen LogP contribution in [0.2, 0.25) is 0 Å². The maximum Gasteiger partial charge on any atom is 0.150 e. The highest BCUT2D eigenvalue weighted by Crippen LogP contribution is 2.62. The molecule has 1 saturated heterocycles. The van der Waals surface area contributed by atoms with E-state index in [1.165, 1.54) is 25.7 Å². The quantitative estimate of drug-likeness (QED) is 0.755. The Labute approximate surface area is 129 Å². The van der Waals surface area contributed by atoms with E-state index in [0.29, 0.717) is 6.04 Å². The molecule has 0 radical (unpaired) electrons. The van der Waals surface area contributed by atoms with Crippen LogP contribution in [0.25, 0.3) is 0 Å². The van der Waals surface area contributed by atoms with Gasteiger partial charge in [0.05, 0.1) is 6.19 Å². The van der Waals surface area contributed by atoms with Crippen LogP contribution in [0.4, 0.5) is 0 Å². The monoisotopic (exact) mass is 313 g/mol. The van der Waals surface area contributed by atoms with E-state index < -0.39 is 6.19 Å². The Bertz CT molecular complexity index is 503. The summed E-state index contributed by atoms with van der Waals surface area (Å²) in [6, 6.07) is 4.81. The molecule has 2 rings (SSSR count). The van der Waals surface area contributed by atoms with Gasteiger partial charge in [0.1, 0.15) is 11.3 Å². The van der Waals surface area contributed by atoms with Gasteiger partial charge in [0.15, 0.2) is 0 Å². The Morgan fingerprint density at radius 3 is 2.55 bits per heavy atom. The molecule has 20 heavy (non-hydrogen) atoms. The van der Waals surface area contributed by atoms with Crippen molar-refractivity contribution in [1.29, 1.82) is 0 Å². The van der Waals surface area contributed by atoms with Crippen LogP contribution in [0.3, 0.4) is 0 Å². The van der Waals surface area contributed by atoms with Gasteiger partial charge in [-0.2, -0.15) is 0 Å². The molecule has 0 amide bonds. The zero-order valence-corrected chi connectivity index (χ0v) is 15.2. The van der Waals surface area contributed by atoms with Crippen molar-refractivity contribution in [2.45, 2.75) is 71.5 Å². The number of aryl methyl sites for hydroxylation is 1. The Hall–Kier alpha value is -0.110. The highest BCUT2D eigenvalue weighted by molar-refractivity contribution is 8.17. The molecule has 1 aromatic rings. The number of furan rings is 1. The summed E-state index contributed by atoms with van der Waals surface area (Å²) in [6.45, 7) is 12.3. The molecule has 0 spiro atoms. The molecule has 0 N–H and O–H groups in total. The van der Waals surface area contributed by atoms with Crippen molar-refractivity contribution in [3.63, 3.8) is 0 Å². The Balaban J connectivity index is 2.49. The van der Waals surface area contributed by atoms with E-state index in [0.717, 1.165) is 17.8 Å². The SMILES string of the molecule is CCC1CCCCN1P(=S)(c1ccc(C)o1)C(C)(C)C. The van der Waals surface area contributed by atoms with E-state index in [1.807, 2.05) is 6.92 Å². The molecule has 0 bridgehead atoms. The van der Waals surface area contributed by atoms with E-state index >= 15 is 0 Å². The predicted molar refractivity (Wildman–Crippen MR) is 91.8 cm³/mol. The zero-order valence-electron chi connectivity index (χ0n) is 13.5. The van der Waals surface area contributed by atoms with E-state index in [4.69, 9.17) is 16.2 Å². The lowest BCUT2D eigenvalue weighted by molar-refractivity contribution is 0.254. The average Bonchev–Trinajstić information content (AvgIpc) is 2.83. The standard InChI is InChI=1S/C16H28NOPS/c1-6-14-9-7-8-12-17(14)19(20,16(3,4)5)15-11-10-13(2)18-15/h10-11,14H,6-9,12H2,1-5H3. The maximum atomic E-state index is 6.33. The van der Waals surface area contributed by atoms with Crippen LogP contribution in [-0.4, -0.2) is 22.4 Å². The summed E-state index contributed by atoms with van der Waals surface area (Å²) in [7, 11) is 0. The van der Waals surface area contributed by atoms with Gasteiger partial charge in [-0.25, -0.2) is 0 Å². The van der Waals surface area contributed by atoms with Crippen LogP contribution in [0.15, 0.2) is 16.5 Å². The molecule has 1 aromatic heterocycles. The first-order valence-corrected chi connectivity index (χ1v) is 10.5. The summed E-state index contributed by atoms with van der Waals surface area (Å²) in [5.41, 5.74) is 1.05. The van der Waals surface area contributed by atoms with Crippen LogP contribution < -0.4 is 5.50 Å². The topological polar surface area (TPSA) is 16.4 Å². The van der Waals surface area contributed by atoms with Crippen molar-refractivity contribution >= 4 is 23.5 Å². The molecule has 0 saturated carbocycles. The van der Waals surface area contributed by atoms with Crippen molar-refractivity contribution in [3.05, 3.63) is 17.9 Å². The fourth-order valence-electron chi connectivity index (χ4n) is 3.20. The molecule has 0 aliphatic carbocycles. The number of nitrogens with zero attached hydrogens (tertiary/aromatic N) is 1. The van der Waals surface area contributed by atoms with E-state index in [-0.39, 0.29) is 5.16 Å². The minimum absolute atomic E-state index is 0.0669. The summed E-state index contributed by atoms with van der Waals surface area (Å²) >= 11 is 6.33. The van der Waals surface area contributed by atoms with Crippen molar-refractivity contribution < 1.29 is 4.42 Å². The van der Waals surface area contributed by atoms with E-state index in [9.17, 15) is 0 Å². The van der Waals surface area contributed by atoms with Crippen LogP contribution in [0.5, 0.6) is 0 Å². The molecule has 4 heteroatoms. The van der Waals surface area contributed by atoms with Crippen molar-refractivity contribution in [2.24, 2.45) is 0 Å². The molecular formula is C16H28NOPS. The second kappa shape index (κ2) is 5.94. The molecule has 114 valence electrons. The molecule has 2 unspecified atom stereocenters. The maximum absolute atomic E-state index is 6.33. The highest BCUT2D eigenvalue weighted by Gasteiger charge is 2.44. The van der Waals surface area contributed by atoms with Crippen LogP contribution in [0, 0.1) is 6.92 Å². The second-order valence-corrected chi connectivity index (χ2v) is 11.9. The average molecular weight is 313 g/mol. The van der Waals surface area contributed by atoms with Crippen LogP contribution in [0.1, 0.15) is 59.1 Å². The normalized spacial score (nSPS) is 24.6. The molecule has 1 aliphatic heterocycles.